The molecule has 0 radical (unpaired) electrons. The first-order chi connectivity index (χ1) is 23.2. The highest BCUT2D eigenvalue weighted by Crippen LogP contribution is 2.32. The zero-order valence-corrected chi connectivity index (χ0v) is 27.1. The predicted octanol–water partition coefficient (Wildman–Crippen LogP) is 5.17. The molecule has 1 aliphatic rings. The lowest BCUT2D eigenvalue weighted by atomic mass is 9.95. The van der Waals surface area contributed by atoms with Crippen LogP contribution in [0.4, 0.5) is 5.69 Å². The summed E-state index contributed by atoms with van der Waals surface area (Å²) in [6, 6.07) is 27.5. The average Bonchev–Trinajstić information content (AvgIpc) is 3.40. The minimum atomic E-state index is -1.01. The number of hydrogen-bond donors (Lipinski definition) is 2. The molecule has 0 saturated heterocycles. The normalized spacial score (nSPS) is 14.1. The molecule has 0 bridgehead atoms. The molecule has 1 aliphatic heterocycles. The summed E-state index contributed by atoms with van der Waals surface area (Å²) in [5.74, 6) is 0.185. The summed E-state index contributed by atoms with van der Waals surface area (Å²) in [4.78, 5) is 44.4. The number of aromatic nitrogens is 1. The maximum atomic E-state index is 14.1. The van der Waals surface area contributed by atoms with E-state index in [9.17, 15) is 19.5 Å². The zero-order chi connectivity index (χ0) is 33.8. The number of methoxy groups -OCH3 is 2. The third-order valence-corrected chi connectivity index (χ3v) is 8.77. The van der Waals surface area contributed by atoms with Crippen LogP contribution in [-0.2, 0) is 11.4 Å². The quantitative estimate of drug-likeness (QED) is 0.211. The van der Waals surface area contributed by atoms with Crippen molar-refractivity contribution in [1.29, 1.82) is 0 Å². The molecule has 5 aromatic rings. The van der Waals surface area contributed by atoms with E-state index < -0.39 is 12.0 Å². The minimum absolute atomic E-state index is 0.139. The van der Waals surface area contributed by atoms with Crippen molar-refractivity contribution in [2.45, 2.75) is 19.6 Å². The molecule has 0 aliphatic carbocycles. The van der Waals surface area contributed by atoms with E-state index in [0.29, 0.717) is 54.7 Å². The molecule has 0 fully saturated rings. The molecule has 0 spiro atoms. The number of nitrogens with one attached hydrogen (secondary N) is 1. The zero-order valence-electron chi connectivity index (χ0n) is 26.3. The summed E-state index contributed by atoms with van der Waals surface area (Å²) in [5, 5.41) is 12.2. The van der Waals surface area contributed by atoms with Crippen LogP contribution in [0, 0.1) is 0 Å². The molecule has 0 saturated carbocycles. The monoisotopic (exact) mass is 661 g/mol. The molecule has 10 nitrogen and oxygen atoms in total. The van der Waals surface area contributed by atoms with E-state index in [2.05, 4.69) is 5.32 Å². The summed E-state index contributed by atoms with van der Waals surface area (Å²) >= 11 is 1.23. The van der Waals surface area contributed by atoms with Gasteiger partial charge in [0.05, 0.1) is 41.6 Å². The Bertz CT molecular complexity index is 2220. The van der Waals surface area contributed by atoms with E-state index in [1.807, 2.05) is 30.3 Å². The Kier molecular flexibility index (Phi) is 9.22. The molecule has 1 aromatic heterocycles. The van der Waals surface area contributed by atoms with Crippen molar-refractivity contribution in [3.8, 4) is 17.2 Å². The number of carboxylic acid groups (broad SMARTS) is 1. The first-order valence-electron chi connectivity index (χ1n) is 14.9. The van der Waals surface area contributed by atoms with Crippen LogP contribution in [0.5, 0.6) is 17.2 Å². The standard InChI is InChI=1S/C37H31N3O7S/c1-22-32(34(41)39-27-10-5-4-6-11-27)33(25-13-15-28(45-2)16-14-25)40-35(42)31(48-37(40)38-22)20-23-12-17-29(30(19-23)46-3)47-21-24-8-7-9-26(18-24)36(43)44/h4-20,33H,21H2,1-3H3,(H,39,41)(H,43,44)/b31-20+/t33-/m0/s1. The van der Waals surface area contributed by atoms with Gasteiger partial charge in [-0.05, 0) is 78.2 Å². The third kappa shape index (κ3) is 6.62. The molecule has 2 heterocycles. The van der Waals surface area contributed by atoms with Gasteiger partial charge in [-0.15, -0.1) is 0 Å². The van der Waals surface area contributed by atoms with Crippen molar-refractivity contribution in [2.24, 2.45) is 4.99 Å². The Morgan fingerprint density at radius 3 is 2.42 bits per heavy atom. The number of allylic oxidation sites excluding steroid dienone is 1. The second-order valence-electron chi connectivity index (χ2n) is 10.9. The van der Waals surface area contributed by atoms with Crippen molar-refractivity contribution in [3.05, 3.63) is 150 Å². The van der Waals surface area contributed by atoms with Gasteiger partial charge in [0.25, 0.3) is 11.5 Å². The molecule has 4 aromatic carbocycles. The van der Waals surface area contributed by atoms with Crippen LogP contribution in [0.1, 0.15) is 40.0 Å². The number of nitrogens with zero attached hydrogens (tertiary/aromatic N) is 2. The second kappa shape index (κ2) is 13.8. The molecule has 1 amide bonds. The Labute approximate surface area is 279 Å². The van der Waals surface area contributed by atoms with Crippen LogP contribution in [0.3, 0.4) is 0 Å². The Morgan fingerprint density at radius 2 is 1.71 bits per heavy atom. The lowest BCUT2D eigenvalue weighted by Gasteiger charge is -2.25. The van der Waals surface area contributed by atoms with E-state index in [4.69, 9.17) is 19.2 Å². The van der Waals surface area contributed by atoms with Gasteiger partial charge in [-0.25, -0.2) is 9.79 Å². The van der Waals surface area contributed by atoms with Gasteiger partial charge >= 0.3 is 5.97 Å². The maximum absolute atomic E-state index is 14.1. The lowest BCUT2D eigenvalue weighted by Crippen LogP contribution is -2.40. The van der Waals surface area contributed by atoms with Crippen LogP contribution in [0.25, 0.3) is 6.08 Å². The molecule has 2 N–H and O–H groups in total. The van der Waals surface area contributed by atoms with E-state index in [0.717, 1.165) is 5.56 Å². The second-order valence-corrected chi connectivity index (χ2v) is 11.9. The smallest absolute Gasteiger partial charge is 0.335 e. The molecule has 11 heteroatoms. The number of hydrogen-bond acceptors (Lipinski definition) is 8. The number of thiazole rings is 1. The first-order valence-corrected chi connectivity index (χ1v) is 15.7. The highest BCUT2D eigenvalue weighted by atomic mass is 32.1. The van der Waals surface area contributed by atoms with Crippen molar-refractivity contribution >= 4 is 35.0 Å². The number of carbonyl (C=O) groups is 2. The van der Waals surface area contributed by atoms with Gasteiger partial charge in [0, 0.05) is 5.69 Å². The SMILES string of the molecule is COc1ccc([C@H]2C(C(=O)Nc3ccccc3)=C(C)N=c3s/c(=C/c4ccc(OCc5cccc(C(=O)O)c5)c(OC)c4)c(=O)n32)cc1. The summed E-state index contributed by atoms with van der Waals surface area (Å²) < 4.78 is 18.9. The van der Waals surface area contributed by atoms with Gasteiger partial charge in [-0.3, -0.25) is 14.2 Å². The number of anilines is 1. The van der Waals surface area contributed by atoms with E-state index >= 15 is 0 Å². The maximum Gasteiger partial charge on any atom is 0.335 e. The Balaban J connectivity index is 1.36. The number of fused-ring (bicyclic) bond motifs is 1. The van der Waals surface area contributed by atoms with Crippen LogP contribution < -0.4 is 34.4 Å². The van der Waals surface area contributed by atoms with Gasteiger partial charge in [0.2, 0.25) is 0 Å². The predicted molar refractivity (Wildman–Crippen MR) is 183 cm³/mol. The number of carboxylic acids is 1. The molecule has 1 atom stereocenters. The van der Waals surface area contributed by atoms with Crippen LogP contribution in [0.15, 0.2) is 118 Å². The third-order valence-electron chi connectivity index (χ3n) is 7.78. The summed E-state index contributed by atoms with van der Waals surface area (Å²) in [6.45, 7) is 1.91. The van der Waals surface area contributed by atoms with Gasteiger partial charge in [-0.2, -0.15) is 0 Å². The largest absolute Gasteiger partial charge is 0.497 e. The Morgan fingerprint density at radius 1 is 0.938 bits per heavy atom. The molecule has 48 heavy (non-hydrogen) atoms. The number of ether oxygens (including phenoxy) is 3. The highest BCUT2D eigenvalue weighted by molar-refractivity contribution is 7.07. The average molecular weight is 662 g/mol. The number of benzene rings is 4. The van der Waals surface area contributed by atoms with Gasteiger partial charge < -0.3 is 24.6 Å². The summed E-state index contributed by atoms with van der Waals surface area (Å²) in [7, 11) is 3.10. The molecule has 242 valence electrons. The van der Waals surface area contributed by atoms with Gasteiger partial charge in [-0.1, -0.05) is 59.9 Å². The van der Waals surface area contributed by atoms with Gasteiger partial charge in [0.15, 0.2) is 16.3 Å². The van der Waals surface area contributed by atoms with Crippen molar-refractivity contribution in [2.75, 3.05) is 19.5 Å². The number of para-hydroxylation sites is 1. The number of carbonyl (C=O) groups excluding carboxylic acids is 1. The minimum Gasteiger partial charge on any atom is -0.497 e. The van der Waals surface area contributed by atoms with E-state index in [-0.39, 0.29) is 23.6 Å². The highest BCUT2D eigenvalue weighted by Gasteiger charge is 2.32. The fourth-order valence-corrected chi connectivity index (χ4v) is 6.48. The topological polar surface area (TPSA) is 128 Å². The Hall–Kier alpha value is -5.94. The fraction of sp³-hybridized carbons (Fsp3) is 0.135. The van der Waals surface area contributed by atoms with E-state index in [1.165, 1.54) is 24.5 Å². The number of amides is 1. The first kappa shape index (κ1) is 32.0. The molecule has 0 unspecified atom stereocenters. The van der Waals surface area contributed by atoms with Crippen LogP contribution in [0.2, 0.25) is 0 Å². The van der Waals surface area contributed by atoms with Crippen molar-refractivity contribution in [3.63, 3.8) is 0 Å². The van der Waals surface area contributed by atoms with Crippen molar-refractivity contribution in [1.82, 2.24) is 4.57 Å². The fourth-order valence-electron chi connectivity index (χ4n) is 5.43. The summed E-state index contributed by atoms with van der Waals surface area (Å²) in [6.07, 6.45) is 1.75. The van der Waals surface area contributed by atoms with Crippen LogP contribution in [-0.4, -0.2) is 35.8 Å². The van der Waals surface area contributed by atoms with Gasteiger partial charge in [0.1, 0.15) is 12.4 Å². The number of rotatable bonds is 10. The van der Waals surface area contributed by atoms with Crippen LogP contribution >= 0.6 is 11.3 Å². The van der Waals surface area contributed by atoms with Crippen molar-refractivity contribution < 1.29 is 28.9 Å². The molecular formula is C37H31N3O7S. The number of aromatic carboxylic acids is 1. The lowest BCUT2D eigenvalue weighted by molar-refractivity contribution is -0.113. The van der Waals surface area contributed by atoms with E-state index in [1.54, 1.807) is 85.3 Å². The molecular weight excluding hydrogens is 630 g/mol. The molecule has 6 rings (SSSR count). The summed E-state index contributed by atoms with van der Waals surface area (Å²) in [5.41, 5.74) is 3.49.